The van der Waals surface area contributed by atoms with E-state index >= 15 is 0 Å². The van der Waals surface area contributed by atoms with Crippen molar-refractivity contribution in [1.29, 1.82) is 0 Å². The van der Waals surface area contributed by atoms with Crippen molar-refractivity contribution in [3.05, 3.63) is 29.8 Å². The van der Waals surface area contributed by atoms with Crippen LogP contribution in [-0.2, 0) is 16.0 Å². The zero-order valence-electron chi connectivity index (χ0n) is 13.0. The Bertz CT molecular complexity index is 576. The Morgan fingerprint density at radius 3 is 2.23 bits per heavy atom. The zero-order valence-corrected chi connectivity index (χ0v) is 13.0. The van der Waals surface area contributed by atoms with E-state index in [1.807, 2.05) is 24.3 Å². The van der Waals surface area contributed by atoms with E-state index in [9.17, 15) is 14.4 Å². The van der Waals surface area contributed by atoms with E-state index in [4.69, 9.17) is 4.74 Å². The summed E-state index contributed by atoms with van der Waals surface area (Å²) in [5.41, 5.74) is 1.04. The number of barbiturate groups is 1. The molecule has 1 saturated heterocycles. The number of aryl methyl sites for hydroxylation is 1. The van der Waals surface area contributed by atoms with E-state index in [0.29, 0.717) is 19.3 Å². The minimum absolute atomic E-state index is 0.414. The standard InChI is InChI=1S/C16H20N2O4/c1-17-14(19)12(15(20)18(2)16(17)21)9-6-8-11-7-4-5-10-13(11)22-3/h4-5,7,10,12H,6,8-9H2,1-3H3. The lowest BCUT2D eigenvalue weighted by atomic mass is 9.95. The monoisotopic (exact) mass is 304 g/mol. The van der Waals surface area contributed by atoms with Crippen LogP contribution >= 0.6 is 0 Å². The van der Waals surface area contributed by atoms with Gasteiger partial charge in [-0.15, -0.1) is 0 Å². The topological polar surface area (TPSA) is 66.9 Å². The molecular formula is C16H20N2O4. The minimum Gasteiger partial charge on any atom is -0.496 e. The van der Waals surface area contributed by atoms with Crippen LogP contribution in [0.4, 0.5) is 4.79 Å². The number of methoxy groups -OCH3 is 1. The van der Waals surface area contributed by atoms with Crippen LogP contribution in [0.2, 0.25) is 0 Å². The molecule has 4 amide bonds. The van der Waals surface area contributed by atoms with Gasteiger partial charge in [0.05, 0.1) is 7.11 Å². The second-order valence-electron chi connectivity index (χ2n) is 5.33. The molecule has 0 bridgehead atoms. The van der Waals surface area contributed by atoms with Gasteiger partial charge in [-0.3, -0.25) is 19.4 Å². The molecule has 6 nitrogen and oxygen atoms in total. The van der Waals surface area contributed by atoms with Gasteiger partial charge in [-0.05, 0) is 30.9 Å². The highest BCUT2D eigenvalue weighted by atomic mass is 16.5. The Labute approximate surface area is 129 Å². The summed E-state index contributed by atoms with van der Waals surface area (Å²) in [5, 5.41) is 0. The second-order valence-corrected chi connectivity index (χ2v) is 5.33. The maximum atomic E-state index is 12.1. The summed E-state index contributed by atoms with van der Waals surface area (Å²) in [6, 6.07) is 7.09. The molecule has 118 valence electrons. The van der Waals surface area contributed by atoms with Crippen LogP contribution in [0.15, 0.2) is 24.3 Å². The van der Waals surface area contributed by atoms with E-state index in [-0.39, 0.29) is 0 Å². The smallest absolute Gasteiger partial charge is 0.332 e. The van der Waals surface area contributed by atoms with Crippen molar-refractivity contribution in [3.63, 3.8) is 0 Å². The van der Waals surface area contributed by atoms with Gasteiger partial charge in [-0.1, -0.05) is 18.2 Å². The number of carbonyl (C=O) groups is 3. The van der Waals surface area contributed by atoms with Gasteiger partial charge in [0.15, 0.2) is 0 Å². The van der Waals surface area contributed by atoms with Gasteiger partial charge >= 0.3 is 6.03 Å². The molecule has 0 aliphatic carbocycles. The van der Waals surface area contributed by atoms with Crippen molar-refractivity contribution >= 4 is 17.8 Å². The van der Waals surface area contributed by atoms with Crippen molar-refractivity contribution in [1.82, 2.24) is 9.80 Å². The zero-order chi connectivity index (χ0) is 16.3. The first-order valence-electron chi connectivity index (χ1n) is 7.18. The molecule has 1 fully saturated rings. The molecule has 1 heterocycles. The van der Waals surface area contributed by atoms with Crippen LogP contribution in [0.3, 0.4) is 0 Å². The number of amides is 4. The molecule has 0 unspecified atom stereocenters. The van der Waals surface area contributed by atoms with Gasteiger partial charge in [-0.25, -0.2) is 4.79 Å². The fourth-order valence-electron chi connectivity index (χ4n) is 2.64. The van der Waals surface area contributed by atoms with E-state index in [2.05, 4.69) is 0 Å². The average molecular weight is 304 g/mol. The highest BCUT2D eigenvalue weighted by molar-refractivity contribution is 6.15. The number of rotatable bonds is 5. The maximum Gasteiger partial charge on any atom is 0.332 e. The van der Waals surface area contributed by atoms with Crippen molar-refractivity contribution in [2.45, 2.75) is 19.3 Å². The van der Waals surface area contributed by atoms with Crippen molar-refractivity contribution < 1.29 is 19.1 Å². The van der Waals surface area contributed by atoms with Gasteiger partial charge in [0, 0.05) is 14.1 Å². The molecule has 0 N–H and O–H groups in total. The molecule has 6 heteroatoms. The van der Waals surface area contributed by atoms with Gasteiger partial charge in [-0.2, -0.15) is 0 Å². The quantitative estimate of drug-likeness (QED) is 0.776. The van der Waals surface area contributed by atoms with Crippen molar-refractivity contribution in [3.8, 4) is 5.75 Å². The summed E-state index contributed by atoms with van der Waals surface area (Å²) in [5.74, 6) is -0.822. The Kier molecular flexibility index (Phi) is 4.80. The Morgan fingerprint density at radius 1 is 1.05 bits per heavy atom. The fraction of sp³-hybridized carbons (Fsp3) is 0.438. The maximum absolute atomic E-state index is 12.1. The highest BCUT2D eigenvalue weighted by Crippen LogP contribution is 2.23. The molecule has 0 radical (unpaired) electrons. The predicted molar refractivity (Wildman–Crippen MR) is 80.4 cm³/mol. The van der Waals surface area contributed by atoms with Gasteiger partial charge in [0.1, 0.15) is 11.7 Å². The second kappa shape index (κ2) is 6.60. The summed E-state index contributed by atoms with van der Waals surface area (Å²) in [7, 11) is 4.42. The Balaban J connectivity index is 2.00. The van der Waals surface area contributed by atoms with E-state index in [1.165, 1.54) is 14.1 Å². The lowest BCUT2D eigenvalue weighted by Gasteiger charge is -2.32. The summed E-state index contributed by atoms with van der Waals surface area (Å²) in [6.07, 6.45) is 1.79. The normalized spacial score (nSPS) is 16.4. The number of hydrogen-bond acceptors (Lipinski definition) is 4. The summed E-state index contributed by atoms with van der Waals surface area (Å²) >= 11 is 0. The number of ether oxygens (including phenoxy) is 1. The van der Waals surface area contributed by atoms with Crippen LogP contribution in [0, 0.1) is 5.92 Å². The first kappa shape index (κ1) is 16.0. The molecule has 1 aliphatic rings. The van der Waals surface area contributed by atoms with E-state index in [0.717, 1.165) is 21.1 Å². The minimum atomic E-state index is -0.776. The van der Waals surface area contributed by atoms with Gasteiger partial charge in [0.25, 0.3) is 0 Å². The molecule has 1 aromatic carbocycles. The molecular weight excluding hydrogens is 284 g/mol. The lowest BCUT2D eigenvalue weighted by molar-refractivity contribution is -0.147. The van der Waals surface area contributed by atoms with E-state index < -0.39 is 23.8 Å². The largest absolute Gasteiger partial charge is 0.496 e. The first-order chi connectivity index (χ1) is 10.5. The SMILES string of the molecule is COc1ccccc1CCCC1C(=O)N(C)C(=O)N(C)C1=O. The fourth-order valence-corrected chi connectivity index (χ4v) is 2.64. The molecule has 0 aromatic heterocycles. The molecule has 0 spiro atoms. The third kappa shape index (κ3) is 2.95. The molecule has 22 heavy (non-hydrogen) atoms. The molecule has 1 aliphatic heterocycles. The number of imide groups is 2. The third-order valence-corrected chi connectivity index (χ3v) is 3.96. The summed E-state index contributed by atoms with van der Waals surface area (Å²) in [6.45, 7) is 0. The Hall–Kier alpha value is -2.37. The first-order valence-corrected chi connectivity index (χ1v) is 7.18. The lowest BCUT2D eigenvalue weighted by Crippen LogP contribution is -2.56. The van der Waals surface area contributed by atoms with Crippen LogP contribution in [0.1, 0.15) is 18.4 Å². The van der Waals surface area contributed by atoms with E-state index in [1.54, 1.807) is 7.11 Å². The third-order valence-electron chi connectivity index (χ3n) is 3.96. The summed E-state index contributed by atoms with van der Waals surface area (Å²) < 4.78 is 5.28. The molecule has 0 atom stereocenters. The van der Waals surface area contributed by atoms with Crippen LogP contribution < -0.4 is 4.74 Å². The van der Waals surface area contributed by atoms with Crippen LogP contribution in [-0.4, -0.2) is 48.9 Å². The summed E-state index contributed by atoms with van der Waals surface area (Å²) in [4.78, 5) is 37.9. The molecule has 2 rings (SSSR count). The number of nitrogens with zero attached hydrogens (tertiary/aromatic N) is 2. The average Bonchev–Trinajstić information content (AvgIpc) is 2.54. The highest BCUT2D eigenvalue weighted by Gasteiger charge is 2.41. The van der Waals surface area contributed by atoms with Gasteiger partial charge < -0.3 is 4.74 Å². The number of urea groups is 1. The Morgan fingerprint density at radius 2 is 1.64 bits per heavy atom. The molecule has 1 aromatic rings. The van der Waals surface area contributed by atoms with Crippen molar-refractivity contribution in [2.24, 2.45) is 5.92 Å². The van der Waals surface area contributed by atoms with Crippen LogP contribution in [0.5, 0.6) is 5.75 Å². The van der Waals surface area contributed by atoms with Crippen LogP contribution in [0.25, 0.3) is 0 Å². The predicted octanol–water partition coefficient (Wildman–Crippen LogP) is 1.68. The van der Waals surface area contributed by atoms with Gasteiger partial charge in [0.2, 0.25) is 11.8 Å². The number of carbonyl (C=O) groups excluding carboxylic acids is 3. The van der Waals surface area contributed by atoms with Crippen molar-refractivity contribution in [2.75, 3.05) is 21.2 Å². The number of para-hydroxylation sites is 1. The number of benzene rings is 1. The molecule has 0 saturated carbocycles. The number of hydrogen-bond donors (Lipinski definition) is 0.